The topological polar surface area (TPSA) is 50.3 Å². The molecule has 2 aliphatic heterocycles. The molecule has 2 saturated heterocycles. The number of nitrogens with zero attached hydrogens (tertiary/aromatic N) is 2. The average Bonchev–Trinajstić information content (AvgIpc) is 2.72. The first-order valence-electron chi connectivity index (χ1n) is 6.59. The largest absolute Gasteiger partial charge is 0.263 e. The molecular weight excluding hydrogens is 280 g/mol. The van der Waals surface area contributed by atoms with E-state index in [1.807, 2.05) is 11.8 Å². The van der Waals surface area contributed by atoms with Crippen molar-refractivity contribution in [1.82, 2.24) is 9.29 Å². The predicted octanol–water partition coefficient (Wildman–Crippen LogP) is 2.13. The maximum Gasteiger partial charge on any atom is 0.245 e. The smallest absolute Gasteiger partial charge is 0.245 e. The molecule has 104 valence electrons. The minimum absolute atomic E-state index is 0.182. The highest BCUT2D eigenvalue weighted by Crippen LogP contribution is 2.42. The normalized spacial score (nSPS) is 31.5. The first-order chi connectivity index (χ1) is 9.13. The Kier molecular flexibility index (Phi) is 3.57. The minimum atomic E-state index is -3.37. The Balaban J connectivity index is 1.92. The van der Waals surface area contributed by atoms with Crippen molar-refractivity contribution in [2.24, 2.45) is 0 Å². The van der Waals surface area contributed by atoms with E-state index < -0.39 is 10.0 Å². The molecule has 0 aliphatic carbocycles. The van der Waals surface area contributed by atoms with Gasteiger partial charge < -0.3 is 0 Å². The van der Waals surface area contributed by atoms with E-state index >= 15 is 0 Å². The molecule has 1 unspecified atom stereocenters. The van der Waals surface area contributed by atoms with E-state index in [1.54, 1.807) is 22.6 Å². The van der Waals surface area contributed by atoms with Crippen LogP contribution in [0.15, 0.2) is 29.4 Å². The Labute approximate surface area is 118 Å². The van der Waals surface area contributed by atoms with Gasteiger partial charge in [-0.25, -0.2) is 8.42 Å². The molecule has 2 aliphatic rings. The molecule has 0 aromatic carbocycles. The van der Waals surface area contributed by atoms with Crippen LogP contribution in [0.4, 0.5) is 0 Å². The van der Waals surface area contributed by atoms with Crippen LogP contribution in [0.3, 0.4) is 0 Å². The molecule has 1 aromatic heterocycles. The van der Waals surface area contributed by atoms with E-state index in [9.17, 15) is 8.42 Å². The molecule has 0 amide bonds. The molecule has 2 fully saturated rings. The van der Waals surface area contributed by atoms with Gasteiger partial charge in [0.05, 0.1) is 0 Å². The van der Waals surface area contributed by atoms with E-state index in [4.69, 9.17) is 0 Å². The Morgan fingerprint density at radius 1 is 1.32 bits per heavy atom. The van der Waals surface area contributed by atoms with E-state index in [2.05, 4.69) is 11.2 Å². The Bertz CT molecular complexity index is 533. The van der Waals surface area contributed by atoms with Gasteiger partial charge in [0, 0.05) is 29.7 Å². The van der Waals surface area contributed by atoms with Crippen molar-refractivity contribution < 1.29 is 8.42 Å². The third kappa shape index (κ3) is 2.30. The Hall–Kier alpha value is -0.590. The summed E-state index contributed by atoms with van der Waals surface area (Å²) in [4.78, 5) is 4.27. The molecule has 6 heteroatoms. The molecule has 4 nitrogen and oxygen atoms in total. The van der Waals surface area contributed by atoms with Gasteiger partial charge in [0.1, 0.15) is 4.90 Å². The van der Waals surface area contributed by atoms with Crippen LogP contribution in [0, 0.1) is 0 Å². The minimum Gasteiger partial charge on any atom is -0.263 e. The van der Waals surface area contributed by atoms with Crippen molar-refractivity contribution >= 4 is 21.8 Å². The highest BCUT2D eigenvalue weighted by molar-refractivity contribution is 7.99. The number of rotatable bonds is 3. The monoisotopic (exact) mass is 298 g/mol. The summed E-state index contributed by atoms with van der Waals surface area (Å²) in [6, 6.07) is 3.69. The second-order valence-electron chi connectivity index (χ2n) is 5.24. The van der Waals surface area contributed by atoms with Crippen molar-refractivity contribution in [3.05, 3.63) is 24.5 Å². The molecule has 0 radical (unpaired) electrons. The zero-order valence-electron chi connectivity index (χ0n) is 10.9. The van der Waals surface area contributed by atoms with Gasteiger partial charge in [0.2, 0.25) is 10.0 Å². The zero-order valence-corrected chi connectivity index (χ0v) is 12.5. The van der Waals surface area contributed by atoms with Crippen LogP contribution >= 0.6 is 11.8 Å². The molecule has 0 saturated carbocycles. The van der Waals surface area contributed by atoms with Crippen molar-refractivity contribution in [3.8, 4) is 0 Å². The summed E-state index contributed by atoms with van der Waals surface area (Å²) in [5, 5.41) is 0.609. The summed E-state index contributed by atoms with van der Waals surface area (Å²) in [5.74, 6) is 0. The molecule has 3 atom stereocenters. The van der Waals surface area contributed by atoms with E-state index in [0.717, 1.165) is 25.7 Å². The van der Waals surface area contributed by atoms with Gasteiger partial charge in [-0.3, -0.25) is 4.98 Å². The highest BCUT2D eigenvalue weighted by atomic mass is 32.2. The molecular formula is C13H18N2O2S2. The summed E-state index contributed by atoms with van der Waals surface area (Å²) >= 11 is 1.87. The predicted molar refractivity (Wildman–Crippen MR) is 76.6 cm³/mol. The van der Waals surface area contributed by atoms with Crippen molar-refractivity contribution in [2.45, 2.75) is 47.9 Å². The van der Waals surface area contributed by atoms with Crippen LogP contribution in [-0.2, 0) is 10.0 Å². The van der Waals surface area contributed by atoms with E-state index in [0.29, 0.717) is 10.1 Å². The van der Waals surface area contributed by atoms with Crippen LogP contribution in [0.25, 0.3) is 0 Å². The second-order valence-corrected chi connectivity index (χ2v) is 8.22. The van der Waals surface area contributed by atoms with Gasteiger partial charge in [-0.15, -0.1) is 0 Å². The first-order valence-corrected chi connectivity index (χ1v) is 9.32. The third-order valence-electron chi connectivity index (χ3n) is 4.17. The number of aromatic nitrogens is 1. The summed E-state index contributed by atoms with van der Waals surface area (Å²) in [6.07, 6.45) is 9.15. The van der Waals surface area contributed by atoms with Gasteiger partial charge in [0.15, 0.2) is 0 Å². The maximum atomic E-state index is 12.7. The van der Waals surface area contributed by atoms with Crippen LogP contribution in [-0.4, -0.2) is 41.3 Å². The number of fused-ring (bicyclic) bond motifs is 2. The van der Waals surface area contributed by atoms with Crippen molar-refractivity contribution in [1.29, 1.82) is 0 Å². The third-order valence-corrected chi connectivity index (χ3v) is 7.21. The van der Waals surface area contributed by atoms with Gasteiger partial charge in [-0.05, 0) is 44.1 Å². The lowest BCUT2D eigenvalue weighted by Crippen LogP contribution is -2.47. The van der Waals surface area contributed by atoms with Crippen LogP contribution in [0.1, 0.15) is 25.7 Å². The number of hydrogen-bond acceptors (Lipinski definition) is 4. The lowest BCUT2D eigenvalue weighted by atomic mass is 10.1. The number of thioether (sulfide) groups is 1. The van der Waals surface area contributed by atoms with Gasteiger partial charge in [-0.2, -0.15) is 16.1 Å². The number of piperidine rings is 1. The fraction of sp³-hybridized carbons (Fsp3) is 0.615. The number of hydrogen-bond donors (Lipinski definition) is 0. The zero-order chi connectivity index (χ0) is 13.5. The summed E-state index contributed by atoms with van der Waals surface area (Å²) < 4.78 is 27.2. The number of sulfonamides is 1. The fourth-order valence-corrected chi connectivity index (χ4v) is 5.98. The van der Waals surface area contributed by atoms with Crippen molar-refractivity contribution in [2.75, 3.05) is 6.26 Å². The summed E-state index contributed by atoms with van der Waals surface area (Å²) in [7, 11) is -3.37. The molecule has 0 spiro atoms. The molecule has 19 heavy (non-hydrogen) atoms. The first kappa shape index (κ1) is 13.4. The van der Waals surface area contributed by atoms with E-state index in [1.165, 1.54) is 6.20 Å². The Morgan fingerprint density at radius 3 is 2.53 bits per heavy atom. The lowest BCUT2D eigenvalue weighted by molar-refractivity contribution is 0.253. The fourth-order valence-electron chi connectivity index (χ4n) is 3.29. The molecule has 2 bridgehead atoms. The van der Waals surface area contributed by atoms with Crippen LogP contribution in [0.5, 0.6) is 0 Å². The molecule has 3 rings (SSSR count). The summed E-state index contributed by atoms with van der Waals surface area (Å²) in [6.45, 7) is 0. The highest BCUT2D eigenvalue weighted by Gasteiger charge is 2.46. The summed E-state index contributed by atoms with van der Waals surface area (Å²) in [5.41, 5.74) is 0. The lowest BCUT2D eigenvalue weighted by Gasteiger charge is -2.37. The van der Waals surface area contributed by atoms with Crippen molar-refractivity contribution in [3.63, 3.8) is 0 Å². The van der Waals surface area contributed by atoms with Gasteiger partial charge in [-0.1, -0.05) is 0 Å². The van der Waals surface area contributed by atoms with Gasteiger partial charge in [0.25, 0.3) is 0 Å². The Morgan fingerprint density at radius 2 is 2.00 bits per heavy atom. The standard InChI is InChI=1S/C13H18N2O2S2/c1-18-12-7-10-4-5-11(8-12)15(10)19(16,17)13-3-2-6-14-9-13/h2-3,6,9-12H,4-5,7-8H2,1H3/t10-,11+,12?. The molecule has 0 N–H and O–H groups in total. The van der Waals surface area contributed by atoms with E-state index in [-0.39, 0.29) is 12.1 Å². The SMILES string of the molecule is CSC1C[C@H]2CC[C@@H](C1)N2S(=O)(=O)c1cccnc1. The average molecular weight is 298 g/mol. The molecule has 3 heterocycles. The maximum absolute atomic E-state index is 12.7. The quantitative estimate of drug-likeness (QED) is 0.858. The van der Waals surface area contributed by atoms with Crippen LogP contribution in [0.2, 0.25) is 0 Å². The van der Waals surface area contributed by atoms with Crippen LogP contribution < -0.4 is 0 Å². The van der Waals surface area contributed by atoms with Gasteiger partial charge >= 0.3 is 0 Å². The number of pyridine rings is 1. The molecule has 1 aromatic rings. The second kappa shape index (κ2) is 5.07.